The van der Waals surface area contributed by atoms with Crippen LogP contribution in [-0.4, -0.2) is 34.4 Å². The average Bonchev–Trinajstić information content (AvgIpc) is 2.45. The number of nitrogens with two attached hydrogens (primary N) is 1. The molecule has 1 aliphatic rings. The highest BCUT2D eigenvalue weighted by molar-refractivity contribution is 6.31. The number of carbonyl (C=O) groups excluding carboxylic acids is 1. The maximum Gasteiger partial charge on any atom is 0.282 e. The van der Waals surface area contributed by atoms with Crippen LogP contribution in [0, 0.1) is 10.1 Å². The quantitative estimate of drug-likeness (QED) is 0.686. The molecule has 0 bridgehead atoms. The van der Waals surface area contributed by atoms with Crippen LogP contribution in [0.3, 0.4) is 0 Å². The molecule has 2 atom stereocenters. The third-order valence-corrected chi connectivity index (χ3v) is 4.15. The molecule has 2 unspecified atom stereocenters. The zero-order valence-electron chi connectivity index (χ0n) is 11.8. The Balaban J connectivity index is 2.42. The minimum Gasteiger partial charge on any atom is -0.331 e. The fraction of sp³-hybridized carbons (Fsp3) is 0.500. The van der Waals surface area contributed by atoms with Gasteiger partial charge in [0.25, 0.3) is 11.6 Å². The fourth-order valence-electron chi connectivity index (χ4n) is 2.86. The normalized spacial score (nSPS) is 22.1. The lowest BCUT2D eigenvalue weighted by Gasteiger charge is -2.40. The number of benzene rings is 1. The molecule has 1 heterocycles. The van der Waals surface area contributed by atoms with Gasteiger partial charge in [0, 0.05) is 29.7 Å². The van der Waals surface area contributed by atoms with Gasteiger partial charge in [-0.3, -0.25) is 14.9 Å². The summed E-state index contributed by atoms with van der Waals surface area (Å²) < 4.78 is 0. The molecule has 1 aromatic rings. The molecule has 0 radical (unpaired) electrons. The number of likely N-dealkylation sites (tertiary alicyclic amines) is 1. The number of nitro groups is 1. The molecular weight excluding hydrogens is 294 g/mol. The van der Waals surface area contributed by atoms with Crippen LogP contribution >= 0.6 is 11.6 Å². The van der Waals surface area contributed by atoms with Crippen molar-refractivity contribution < 1.29 is 9.72 Å². The Labute approximate surface area is 128 Å². The Morgan fingerprint density at radius 2 is 2.24 bits per heavy atom. The van der Waals surface area contributed by atoms with Crippen LogP contribution in [0.15, 0.2) is 18.2 Å². The third kappa shape index (κ3) is 3.16. The van der Waals surface area contributed by atoms with Gasteiger partial charge in [-0.05, 0) is 38.3 Å². The first-order chi connectivity index (χ1) is 9.95. The number of hydrogen-bond acceptors (Lipinski definition) is 4. The standard InChI is InChI=1S/C14H18ClN3O3/c1-9-3-2-4-11(8-16)17(9)14(19)12-7-10(15)5-6-13(12)18(20)21/h5-7,9,11H,2-4,8,16H2,1H3. The number of carbonyl (C=O) groups is 1. The van der Waals surface area contributed by atoms with Crippen molar-refractivity contribution >= 4 is 23.2 Å². The average molecular weight is 312 g/mol. The lowest BCUT2D eigenvalue weighted by atomic mass is 9.95. The van der Waals surface area contributed by atoms with Gasteiger partial charge in [-0.15, -0.1) is 0 Å². The molecule has 1 amide bonds. The Morgan fingerprint density at radius 1 is 1.52 bits per heavy atom. The molecule has 0 saturated carbocycles. The van der Waals surface area contributed by atoms with E-state index in [0.29, 0.717) is 11.6 Å². The largest absolute Gasteiger partial charge is 0.331 e. The SMILES string of the molecule is CC1CCCC(CN)N1C(=O)c1cc(Cl)ccc1[N+](=O)[O-]. The van der Waals surface area contributed by atoms with Crippen molar-refractivity contribution in [1.82, 2.24) is 4.90 Å². The molecule has 6 nitrogen and oxygen atoms in total. The van der Waals surface area contributed by atoms with Gasteiger partial charge < -0.3 is 10.6 Å². The van der Waals surface area contributed by atoms with Crippen molar-refractivity contribution in [3.05, 3.63) is 38.9 Å². The molecule has 0 aromatic heterocycles. The summed E-state index contributed by atoms with van der Waals surface area (Å²) in [6.07, 6.45) is 2.70. The van der Waals surface area contributed by atoms with Crippen molar-refractivity contribution in [3.8, 4) is 0 Å². The zero-order chi connectivity index (χ0) is 15.6. The first kappa shape index (κ1) is 15.7. The molecule has 1 aliphatic heterocycles. The summed E-state index contributed by atoms with van der Waals surface area (Å²) in [6.45, 7) is 2.29. The molecule has 0 spiro atoms. The number of nitro benzene ring substituents is 1. The van der Waals surface area contributed by atoms with E-state index in [9.17, 15) is 14.9 Å². The van der Waals surface area contributed by atoms with Gasteiger partial charge in [-0.25, -0.2) is 0 Å². The highest BCUT2D eigenvalue weighted by Crippen LogP contribution is 2.29. The van der Waals surface area contributed by atoms with Crippen molar-refractivity contribution in [2.45, 2.75) is 38.3 Å². The van der Waals surface area contributed by atoms with Crippen molar-refractivity contribution in [3.63, 3.8) is 0 Å². The Kier molecular flexibility index (Phi) is 4.80. The zero-order valence-corrected chi connectivity index (χ0v) is 12.5. The Morgan fingerprint density at radius 3 is 2.86 bits per heavy atom. The van der Waals surface area contributed by atoms with Crippen LogP contribution in [0.1, 0.15) is 36.5 Å². The van der Waals surface area contributed by atoms with Crippen LogP contribution in [-0.2, 0) is 0 Å². The van der Waals surface area contributed by atoms with Crippen LogP contribution in [0.25, 0.3) is 0 Å². The van der Waals surface area contributed by atoms with Gasteiger partial charge in [-0.2, -0.15) is 0 Å². The second-order valence-electron chi connectivity index (χ2n) is 5.30. The van der Waals surface area contributed by atoms with Gasteiger partial charge in [-0.1, -0.05) is 11.6 Å². The summed E-state index contributed by atoms with van der Waals surface area (Å²) in [5.74, 6) is -0.369. The Bertz CT molecular complexity index is 564. The Hall–Kier alpha value is -1.66. The van der Waals surface area contributed by atoms with Crippen molar-refractivity contribution in [2.75, 3.05) is 6.54 Å². The van der Waals surface area contributed by atoms with Crippen LogP contribution < -0.4 is 5.73 Å². The predicted octanol–water partition coefficient (Wildman–Crippen LogP) is 2.59. The smallest absolute Gasteiger partial charge is 0.282 e. The van der Waals surface area contributed by atoms with Gasteiger partial charge in [0.15, 0.2) is 0 Å². The van der Waals surface area contributed by atoms with E-state index < -0.39 is 4.92 Å². The predicted molar refractivity (Wildman–Crippen MR) is 80.4 cm³/mol. The van der Waals surface area contributed by atoms with Gasteiger partial charge in [0.2, 0.25) is 0 Å². The van der Waals surface area contributed by atoms with E-state index in [4.69, 9.17) is 17.3 Å². The van der Waals surface area contributed by atoms with Gasteiger partial charge in [0.05, 0.1) is 4.92 Å². The first-order valence-electron chi connectivity index (χ1n) is 6.92. The highest BCUT2D eigenvalue weighted by Gasteiger charge is 2.34. The number of hydrogen-bond donors (Lipinski definition) is 1. The minimum atomic E-state index is -0.560. The second-order valence-corrected chi connectivity index (χ2v) is 5.74. The molecule has 0 aliphatic carbocycles. The molecule has 2 N–H and O–H groups in total. The number of amides is 1. The molecule has 1 aromatic carbocycles. The molecular formula is C14H18ClN3O3. The van der Waals surface area contributed by atoms with E-state index in [1.807, 2.05) is 6.92 Å². The summed E-state index contributed by atoms with van der Waals surface area (Å²) in [5.41, 5.74) is 5.55. The monoisotopic (exact) mass is 311 g/mol. The number of halogens is 1. The van der Waals surface area contributed by atoms with E-state index >= 15 is 0 Å². The maximum atomic E-state index is 12.8. The topological polar surface area (TPSA) is 89.5 Å². The second kappa shape index (κ2) is 6.41. The molecule has 114 valence electrons. The molecule has 2 rings (SSSR count). The summed E-state index contributed by atoms with van der Waals surface area (Å²) in [4.78, 5) is 25.0. The summed E-state index contributed by atoms with van der Waals surface area (Å²) in [6, 6.07) is 3.97. The maximum absolute atomic E-state index is 12.8. The minimum absolute atomic E-state index is 0.0124. The number of rotatable bonds is 3. The van der Waals surface area contributed by atoms with E-state index in [1.165, 1.54) is 18.2 Å². The first-order valence-corrected chi connectivity index (χ1v) is 7.30. The molecule has 7 heteroatoms. The van der Waals surface area contributed by atoms with E-state index in [2.05, 4.69) is 0 Å². The molecule has 1 saturated heterocycles. The number of piperidine rings is 1. The summed E-state index contributed by atoms with van der Waals surface area (Å²) >= 11 is 5.89. The van der Waals surface area contributed by atoms with E-state index in [0.717, 1.165) is 19.3 Å². The van der Waals surface area contributed by atoms with E-state index in [-0.39, 0.29) is 29.2 Å². The van der Waals surface area contributed by atoms with Gasteiger partial charge >= 0.3 is 0 Å². The summed E-state index contributed by atoms with van der Waals surface area (Å²) in [5, 5.41) is 11.4. The number of nitrogens with zero attached hydrogens (tertiary/aromatic N) is 2. The van der Waals surface area contributed by atoms with Crippen LogP contribution in [0.2, 0.25) is 5.02 Å². The summed E-state index contributed by atoms with van der Waals surface area (Å²) in [7, 11) is 0. The fourth-order valence-corrected chi connectivity index (χ4v) is 3.03. The molecule has 21 heavy (non-hydrogen) atoms. The van der Waals surface area contributed by atoms with Crippen molar-refractivity contribution in [2.24, 2.45) is 5.73 Å². The molecule has 1 fully saturated rings. The van der Waals surface area contributed by atoms with Gasteiger partial charge in [0.1, 0.15) is 5.56 Å². The third-order valence-electron chi connectivity index (χ3n) is 3.92. The van der Waals surface area contributed by atoms with Crippen molar-refractivity contribution in [1.29, 1.82) is 0 Å². The van der Waals surface area contributed by atoms with Crippen LogP contribution in [0.5, 0.6) is 0 Å². The lowest BCUT2D eigenvalue weighted by molar-refractivity contribution is -0.385. The van der Waals surface area contributed by atoms with Crippen LogP contribution in [0.4, 0.5) is 5.69 Å². The van der Waals surface area contributed by atoms with E-state index in [1.54, 1.807) is 4.90 Å². The highest BCUT2D eigenvalue weighted by atomic mass is 35.5. The lowest BCUT2D eigenvalue weighted by Crippen LogP contribution is -2.51.